The van der Waals surface area contributed by atoms with Crippen LogP contribution in [-0.2, 0) is 20.8 Å². The fraction of sp³-hybridized carbons (Fsp3) is 0.321. The smallest absolute Gasteiger partial charge is 0.224 e. The van der Waals surface area contributed by atoms with Gasteiger partial charge < -0.3 is 23.8 Å². The van der Waals surface area contributed by atoms with Gasteiger partial charge in [-0.3, -0.25) is 4.79 Å². The lowest BCUT2D eigenvalue weighted by Gasteiger charge is -2.40. The first-order chi connectivity index (χ1) is 17.6. The van der Waals surface area contributed by atoms with Crippen molar-refractivity contribution in [2.45, 2.75) is 35.3 Å². The summed E-state index contributed by atoms with van der Waals surface area (Å²) in [7, 11) is 1.63. The Morgan fingerprint density at radius 2 is 1.86 bits per heavy atom. The number of hydrogen-bond donors (Lipinski definition) is 0. The van der Waals surface area contributed by atoms with Crippen molar-refractivity contribution in [3.8, 4) is 11.5 Å². The van der Waals surface area contributed by atoms with E-state index in [4.69, 9.17) is 18.9 Å². The fourth-order valence-electron chi connectivity index (χ4n) is 4.59. The van der Waals surface area contributed by atoms with Crippen molar-refractivity contribution in [1.82, 2.24) is 4.90 Å². The highest BCUT2D eigenvalue weighted by molar-refractivity contribution is 9.10. The van der Waals surface area contributed by atoms with E-state index < -0.39 is 0 Å². The number of fused-ring (bicyclic) bond motifs is 3. The lowest BCUT2D eigenvalue weighted by molar-refractivity contribution is -0.140. The van der Waals surface area contributed by atoms with Crippen LogP contribution in [-0.4, -0.2) is 49.3 Å². The van der Waals surface area contributed by atoms with Crippen LogP contribution in [0.25, 0.3) is 0 Å². The van der Waals surface area contributed by atoms with Crippen molar-refractivity contribution in [1.29, 1.82) is 0 Å². The van der Waals surface area contributed by atoms with Gasteiger partial charge in [0.05, 0.1) is 24.5 Å². The zero-order valence-corrected chi connectivity index (χ0v) is 22.4. The maximum Gasteiger partial charge on any atom is 0.224 e. The Hall–Kier alpha value is -2.52. The van der Waals surface area contributed by atoms with Gasteiger partial charge in [-0.1, -0.05) is 46.3 Å². The molecule has 2 aliphatic heterocycles. The third kappa shape index (κ3) is 5.72. The van der Waals surface area contributed by atoms with Gasteiger partial charge in [0.2, 0.25) is 5.91 Å². The van der Waals surface area contributed by atoms with Crippen LogP contribution in [0, 0.1) is 0 Å². The number of piperidine rings is 1. The zero-order valence-electron chi connectivity index (χ0n) is 20.0. The van der Waals surface area contributed by atoms with E-state index in [-0.39, 0.29) is 30.1 Å². The van der Waals surface area contributed by atoms with Crippen LogP contribution in [0.4, 0.5) is 0 Å². The quantitative estimate of drug-likeness (QED) is 0.226. The molecule has 0 spiro atoms. The summed E-state index contributed by atoms with van der Waals surface area (Å²) in [6.07, 6.45) is 0.258. The summed E-state index contributed by atoms with van der Waals surface area (Å²) in [6.45, 7) is 1.65. The second kappa shape index (κ2) is 11.7. The molecule has 0 unspecified atom stereocenters. The van der Waals surface area contributed by atoms with Crippen molar-refractivity contribution in [2.24, 2.45) is 0 Å². The van der Waals surface area contributed by atoms with Gasteiger partial charge in [-0.25, -0.2) is 0 Å². The molecule has 0 bridgehead atoms. The maximum atomic E-state index is 13.5. The van der Waals surface area contributed by atoms with Gasteiger partial charge in [-0.05, 0) is 42.0 Å². The molecule has 3 aromatic rings. The molecule has 8 heteroatoms. The molecule has 3 aromatic carbocycles. The number of halogens is 1. The Balaban J connectivity index is 1.39. The summed E-state index contributed by atoms with van der Waals surface area (Å²) >= 11 is 5.20. The maximum absolute atomic E-state index is 13.5. The molecule has 2 aliphatic rings. The van der Waals surface area contributed by atoms with Crippen LogP contribution in [0.1, 0.15) is 23.6 Å². The Morgan fingerprint density at radius 1 is 1.06 bits per heavy atom. The van der Waals surface area contributed by atoms with Crippen LogP contribution in [0.2, 0.25) is 0 Å². The largest absolute Gasteiger partial charge is 0.486 e. The van der Waals surface area contributed by atoms with Gasteiger partial charge in [0.1, 0.15) is 17.6 Å². The van der Waals surface area contributed by atoms with Crippen LogP contribution in [0.3, 0.4) is 0 Å². The van der Waals surface area contributed by atoms with Crippen molar-refractivity contribution in [3.05, 3.63) is 88.4 Å². The van der Waals surface area contributed by atoms with Gasteiger partial charge in [0, 0.05) is 41.1 Å². The fourth-order valence-corrected chi connectivity index (χ4v) is 6.08. The van der Waals surface area contributed by atoms with Crippen LogP contribution < -0.4 is 9.47 Å². The standard InChI is InChI=1S/C28H28BrNO5S/c1-32-13-14-33-18-34-21-11-12-23-24(15-21)35-28-25(36-22-5-3-2-4-6-22)16-26(31)30(27(23)28)17-19-7-9-20(29)10-8-19/h2-12,15,25,27-28H,13-14,16-18H2,1H3/t25-,27+,28-/m1/s1. The molecule has 1 amide bonds. The lowest BCUT2D eigenvalue weighted by atomic mass is 9.93. The van der Waals surface area contributed by atoms with E-state index in [1.807, 2.05) is 53.4 Å². The molecular weight excluding hydrogens is 542 g/mol. The molecule has 36 heavy (non-hydrogen) atoms. The topological polar surface area (TPSA) is 57.2 Å². The van der Waals surface area contributed by atoms with E-state index in [0.29, 0.717) is 31.9 Å². The number of amides is 1. The average Bonchev–Trinajstić information content (AvgIpc) is 3.27. The molecule has 6 nitrogen and oxygen atoms in total. The Bertz CT molecular complexity index is 1180. The molecule has 1 saturated heterocycles. The minimum absolute atomic E-state index is 0.000198. The number of ether oxygens (including phenoxy) is 4. The van der Waals surface area contributed by atoms with E-state index in [2.05, 4.69) is 40.2 Å². The SMILES string of the molecule is COCCOCOc1ccc2c(c1)O[C@@H]1[C@H](Sc3ccccc3)CC(=O)N(Cc3ccc(Br)cc3)[C@@H]21. The first kappa shape index (κ1) is 25.1. The number of rotatable bonds is 10. The number of hydrogen-bond acceptors (Lipinski definition) is 6. The Labute approximate surface area is 224 Å². The highest BCUT2D eigenvalue weighted by Gasteiger charge is 2.49. The number of carbonyl (C=O) groups excluding carboxylic acids is 1. The zero-order chi connectivity index (χ0) is 24.9. The summed E-state index contributed by atoms with van der Waals surface area (Å²) in [5.74, 6) is 1.56. The normalized spacial score (nSPS) is 20.6. The number of carbonyl (C=O) groups is 1. The van der Waals surface area contributed by atoms with Crippen molar-refractivity contribution in [3.63, 3.8) is 0 Å². The highest BCUT2D eigenvalue weighted by atomic mass is 79.9. The third-order valence-corrected chi connectivity index (χ3v) is 8.12. The monoisotopic (exact) mass is 569 g/mol. The number of nitrogens with zero attached hydrogens (tertiary/aromatic N) is 1. The molecular formula is C28H28BrNO5S. The van der Waals surface area contributed by atoms with Gasteiger partial charge in [0.15, 0.2) is 6.79 Å². The lowest BCUT2D eigenvalue weighted by Crippen LogP contribution is -2.50. The summed E-state index contributed by atoms with van der Waals surface area (Å²) in [5.41, 5.74) is 2.09. The van der Waals surface area contributed by atoms with E-state index >= 15 is 0 Å². The second-order valence-corrected chi connectivity index (χ2v) is 10.9. The van der Waals surface area contributed by atoms with E-state index in [1.165, 1.54) is 0 Å². The number of thioether (sulfide) groups is 1. The molecule has 5 rings (SSSR count). The van der Waals surface area contributed by atoms with Crippen LogP contribution in [0.5, 0.6) is 11.5 Å². The third-order valence-electron chi connectivity index (χ3n) is 6.31. The van der Waals surface area contributed by atoms with Gasteiger partial charge in [-0.2, -0.15) is 0 Å². The van der Waals surface area contributed by atoms with Gasteiger partial charge in [0.25, 0.3) is 0 Å². The number of likely N-dealkylation sites (tertiary alicyclic amines) is 1. The van der Waals surface area contributed by atoms with Gasteiger partial charge in [-0.15, -0.1) is 11.8 Å². The molecule has 1 fully saturated rings. The predicted molar refractivity (Wildman–Crippen MR) is 142 cm³/mol. The number of benzene rings is 3. The second-order valence-electron chi connectivity index (χ2n) is 8.71. The number of methoxy groups -OCH3 is 1. The summed E-state index contributed by atoms with van der Waals surface area (Å²) in [4.78, 5) is 16.6. The molecule has 188 valence electrons. The summed E-state index contributed by atoms with van der Waals surface area (Å²) < 4.78 is 23.8. The average molecular weight is 571 g/mol. The summed E-state index contributed by atoms with van der Waals surface area (Å²) in [6, 6.07) is 24.0. The van der Waals surface area contributed by atoms with Crippen molar-refractivity contribution < 1.29 is 23.7 Å². The van der Waals surface area contributed by atoms with Crippen molar-refractivity contribution >= 4 is 33.6 Å². The van der Waals surface area contributed by atoms with Crippen LogP contribution in [0.15, 0.2) is 82.2 Å². The van der Waals surface area contributed by atoms with Gasteiger partial charge >= 0.3 is 0 Å². The van der Waals surface area contributed by atoms with Crippen molar-refractivity contribution in [2.75, 3.05) is 27.1 Å². The molecule has 3 atom stereocenters. The van der Waals surface area contributed by atoms with E-state index in [9.17, 15) is 4.79 Å². The van der Waals surface area contributed by atoms with Crippen LogP contribution >= 0.6 is 27.7 Å². The molecule has 2 heterocycles. The minimum Gasteiger partial charge on any atom is -0.486 e. The Morgan fingerprint density at radius 3 is 2.64 bits per heavy atom. The summed E-state index contributed by atoms with van der Waals surface area (Å²) in [5, 5.41) is 0.000198. The first-order valence-corrected chi connectivity index (χ1v) is 13.6. The first-order valence-electron chi connectivity index (χ1n) is 11.9. The predicted octanol–water partition coefficient (Wildman–Crippen LogP) is 5.84. The molecule has 0 saturated carbocycles. The molecule has 0 N–H and O–H groups in total. The van der Waals surface area contributed by atoms with E-state index in [0.717, 1.165) is 26.2 Å². The Kier molecular flexibility index (Phi) is 8.16. The van der Waals surface area contributed by atoms with E-state index in [1.54, 1.807) is 18.9 Å². The minimum atomic E-state index is -0.168. The molecule has 0 radical (unpaired) electrons. The highest BCUT2D eigenvalue weighted by Crippen LogP contribution is 2.50. The molecule has 0 aliphatic carbocycles. The molecule has 0 aromatic heterocycles.